The number of nitrogens with one attached hydrogen (secondary N) is 1. The molecule has 0 fully saturated rings. The first-order valence-corrected chi connectivity index (χ1v) is 11.8. The molecule has 34 heavy (non-hydrogen) atoms. The normalized spacial score (nSPS) is 14.9. The summed E-state index contributed by atoms with van der Waals surface area (Å²) in [5, 5.41) is 12.0. The van der Waals surface area contributed by atoms with E-state index in [-0.39, 0.29) is 30.4 Å². The van der Waals surface area contributed by atoms with Crippen molar-refractivity contribution in [3.8, 4) is 11.1 Å². The summed E-state index contributed by atoms with van der Waals surface area (Å²) in [5.41, 5.74) is 4.72. The Kier molecular flexibility index (Phi) is 8.31. The van der Waals surface area contributed by atoms with Gasteiger partial charge in [-0.1, -0.05) is 61.9 Å². The van der Waals surface area contributed by atoms with Crippen LogP contribution in [0.1, 0.15) is 57.1 Å². The Morgan fingerprint density at radius 2 is 1.53 bits per heavy atom. The lowest BCUT2D eigenvalue weighted by molar-refractivity contribution is -0.149. The number of carbonyl (C=O) groups excluding carboxylic acids is 2. The first-order valence-electron chi connectivity index (χ1n) is 11.8. The molecule has 0 bridgehead atoms. The molecule has 0 aliphatic heterocycles. The highest BCUT2D eigenvalue weighted by Gasteiger charge is 2.29. The SMILES string of the molecule is CC(CCCC(C)C(=O)N(C)[C@@H](C)C(=O)O)NC(=O)OCC1c2ccccc2-c2ccccc21. The van der Waals surface area contributed by atoms with Gasteiger partial charge in [-0.15, -0.1) is 0 Å². The Morgan fingerprint density at radius 1 is 0.971 bits per heavy atom. The lowest BCUT2D eigenvalue weighted by Crippen LogP contribution is -2.42. The summed E-state index contributed by atoms with van der Waals surface area (Å²) in [5.74, 6) is -1.48. The van der Waals surface area contributed by atoms with Crippen LogP contribution in [0.2, 0.25) is 0 Å². The number of carboxylic acids is 1. The third-order valence-corrected chi connectivity index (χ3v) is 6.69. The van der Waals surface area contributed by atoms with Gasteiger partial charge in [0.25, 0.3) is 0 Å². The van der Waals surface area contributed by atoms with Gasteiger partial charge in [0.2, 0.25) is 5.91 Å². The summed E-state index contributed by atoms with van der Waals surface area (Å²) in [4.78, 5) is 37.2. The van der Waals surface area contributed by atoms with Crippen LogP contribution in [-0.4, -0.2) is 53.7 Å². The van der Waals surface area contributed by atoms with Gasteiger partial charge in [-0.25, -0.2) is 9.59 Å². The number of aliphatic carboxylic acids is 1. The monoisotopic (exact) mass is 466 g/mol. The topological polar surface area (TPSA) is 95.9 Å². The van der Waals surface area contributed by atoms with Gasteiger partial charge >= 0.3 is 12.1 Å². The number of alkyl carbamates (subject to hydrolysis) is 1. The van der Waals surface area contributed by atoms with E-state index in [9.17, 15) is 14.4 Å². The van der Waals surface area contributed by atoms with Crippen molar-refractivity contribution in [2.75, 3.05) is 13.7 Å². The van der Waals surface area contributed by atoms with Crippen LogP contribution in [0.25, 0.3) is 11.1 Å². The molecule has 2 aromatic carbocycles. The smallest absolute Gasteiger partial charge is 0.407 e. The van der Waals surface area contributed by atoms with E-state index in [4.69, 9.17) is 9.84 Å². The number of ether oxygens (including phenoxy) is 1. The summed E-state index contributed by atoms with van der Waals surface area (Å²) in [6, 6.07) is 15.5. The third kappa shape index (κ3) is 5.76. The summed E-state index contributed by atoms with van der Waals surface area (Å²) in [6.45, 7) is 5.48. The fourth-order valence-electron chi connectivity index (χ4n) is 4.47. The van der Waals surface area contributed by atoms with Crippen molar-refractivity contribution >= 4 is 18.0 Å². The van der Waals surface area contributed by atoms with E-state index < -0.39 is 18.1 Å². The molecule has 0 heterocycles. The van der Waals surface area contributed by atoms with Crippen molar-refractivity contribution in [1.82, 2.24) is 10.2 Å². The zero-order chi connectivity index (χ0) is 24.8. The minimum absolute atomic E-state index is 0.0190. The Morgan fingerprint density at radius 3 is 2.09 bits per heavy atom. The van der Waals surface area contributed by atoms with Crippen LogP contribution in [0.3, 0.4) is 0 Å². The maximum atomic E-state index is 12.4. The molecule has 2 aromatic rings. The number of hydrogen-bond donors (Lipinski definition) is 2. The number of carboxylic acid groups (broad SMARTS) is 1. The molecule has 0 saturated carbocycles. The lowest BCUT2D eigenvalue weighted by Gasteiger charge is -2.25. The molecule has 7 nitrogen and oxygen atoms in total. The Bertz CT molecular complexity index is 992. The maximum absolute atomic E-state index is 12.4. The first-order chi connectivity index (χ1) is 16.2. The zero-order valence-electron chi connectivity index (χ0n) is 20.3. The molecule has 2 unspecified atom stereocenters. The number of likely N-dealkylation sites (N-methyl/N-ethyl adjacent to an activating group) is 1. The third-order valence-electron chi connectivity index (χ3n) is 6.69. The second-order valence-corrected chi connectivity index (χ2v) is 9.17. The van der Waals surface area contributed by atoms with Gasteiger partial charge in [-0.05, 0) is 48.9 Å². The Hall–Kier alpha value is -3.35. The number of nitrogens with zero attached hydrogens (tertiary/aromatic N) is 1. The molecular weight excluding hydrogens is 432 g/mol. The summed E-state index contributed by atoms with van der Waals surface area (Å²) in [6.07, 6.45) is 1.59. The van der Waals surface area contributed by atoms with E-state index in [1.807, 2.05) is 31.2 Å². The predicted molar refractivity (Wildman–Crippen MR) is 131 cm³/mol. The highest BCUT2D eigenvalue weighted by atomic mass is 16.5. The largest absolute Gasteiger partial charge is 0.480 e. The lowest BCUT2D eigenvalue weighted by atomic mass is 9.98. The number of amides is 2. The Balaban J connectivity index is 1.44. The van der Waals surface area contributed by atoms with Crippen molar-refractivity contribution in [2.45, 2.75) is 58.0 Å². The van der Waals surface area contributed by atoms with Crippen LogP contribution in [0.4, 0.5) is 4.79 Å². The van der Waals surface area contributed by atoms with E-state index in [2.05, 4.69) is 29.6 Å². The van der Waals surface area contributed by atoms with Gasteiger partial charge in [-0.3, -0.25) is 4.79 Å². The molecule has 2 amide bonds. The van der Waals surface area contributed by atoms with Gasteiger partial charge in [0, 0.05) is 24.9 Å². The quantitative estimate of drug-likeness (QED) is 0.531. The van der Waals surface area contributed by atoms with Gasteiger partial charge in [0.1, 0.15) is 12.6 Å². The van der Waals surface area contributed by atoms with Gasteiger partial charge < -0.3 is 20.1 Å². The van der Waals surface area contributed by atoms with Gasteiger partial charge in [0.05, 0.1) is 0 Å². The summed E-state index contributed by atoms with van der Waals surface area (Å²) in [7, 11) is 1.51. The number of hydrogen-bond acceptors (Lipinski definition) is 4. The molecule has 3 rings (SSSR count). The van der Waals surface area contributed by atoms with Crippen molar-refractivity contribution in [3.63, 3.8) is 0 Å². The Labute approximate surface area is 201 Å². The average molecular weight is 467 g/mol. The summed E-state index contributed by atoms with van der Waals surface area (Å²) >= 11 is 0. The van der Waals surface area contributed by atoms with Crippen LogP contribution >= 0.6 is 0 Å². The fraction of sp³-hybridized carbons (Fsp3) is 0.444. The molecular formula is C27H34N2O5. The predicted octanol–water partition coefficient (Wildman–Crippen LogP) is 4.65. The van der Waals surface area contributed by atoms with Gasteiger partial charge in [-0.2, -0.15) is 0 Å². The maximum Gasteiger partial charge on any atom is 0.407 e. The van der Waals surface area contributed by atoms with Gasteiger partial charge in [0.15, 0.2) is 0 Å². The first kappa shape index (κ1) is 25.3. The number of fused-ring (bicyclic) bond motifs is 3. The van der Waals surface area contributed by atoms with Crippen LogP contribution in [0.15, 0.2) is 48.5 Å². The van der Waals surface area contributed by atoms with Crippen molar-refractivity contribution < 1.29 is 24.2 Å². The van der Waals surface area contributed by atoms with E-state index in [0.717, 1.165) is 6.42 Å². The van der Waals surface area contributed by atoms with Crippen LogP contribution in [0.5, 0.6) is 0 Å². The van der Waals surface area contributed by atoms with Crippen LogP contribution < -0.4 is 5.32 Å². The molecule has 0 saturated heterocycles. The van der Waals surface area contributed by atoms with E-state index in [0.29, 0.717) is 12.8 Å². The van der Waals surface area contributed by atoms with Crippen molar-refractivity contribution in [3.05, 3.63) is 59.7 Å². The van der Waals surface area contributed by atoms with Crippen LogP contribution in [0, 0.1) is 5.92 Å². The molecule has 2 N–H and O–H groups in total. The molecule has 0 spiro atoms. The minimum atomic E-state index is -1.02. The van der Waals surface area contributed by atoms with E-state index in [1.165, 1.54) is 41.1 Å². The second-order valence-electron chi connectivity index (χ2n) is 9.17. The van der Waals surface area contributed by atoms with Crippen molar-refractivity contribution in [1.29, 1.82) is 0 Å². The average Bonchev–Trinajstić information content (AvgIpc) is 3.14. The second kappa shape index (κ2) is 11.2. The highest BCUT2D eigenvalue weighted by Crippen LogP contribution is 2.44. The molecule has 182 valence electrons. The highest BCUT2D eigenvalue weighted by molar-refractivity contribution is 5.84. The standard InChI is InChI=1S/C27H34N2O5/c1-17(25(30)29(4)19(3)26(31)32)10-9-11-18(2)28-27(33)34-16-24-22-14-7-5-12-20(22)21-13-6-8-15-23(21)24/h5-8,12-15,17-19,24H,9-11,16H2,1-4H3,(H,28,33)(H,31,32)/t17?,18?,19-/m0/s1. The number of rotatable bonds is 10. The zero-order valence-corrected chi connectivity index (χ0v) is 20.3. The molecule has 0 aromatic heterocycles. The number of benzene rings is 2. The molecule has 1 aliphatic carbocycles. The van der Waals surface area contributed by atoms with Crippen LogP contribution in [-0.2, 0) is 14.3 Å². The number of carbonyl (C=O) groups is 3. The van der Waals surface area contributed by atoms with Crippen molar-refractivity contribution in [2.24, 2.45) is 5.92 Å². The molecule has 0 radical (unpaired) electrons. The molecule has 1 aliphatic rings. The fourth-order valence-corrected chi connectivity index (χ4v) is 4.47. The molecule has 3 atom stereocenters. The summed E-state index contributed by atoms with van der Waals surface area (Å²) < 4.78 is 5.59. The van der Waals surface area contributed by atoms with E-state index >= 15 is 0 Å². The van der Waals surface area contributed by atoms with E-state index in [1.54, 1.807) is 6.92 Å². The minimum Gasteiger partial charge on any atom is -0.480 e. The molecule has 7 heteroatoms.